The Kier molecular flexibility index (Phi) is 2.70. The summed E-state index contributed by atoms with van der Waals surface area (Å²) in [4.78, 5) is 11.1. The van der Waals surface area contributed by atoms with Crippen LogP contribution in [0.5, 0.6) is 0 Å². The van der Waals surface area contributed by atoms with Crippen LogP contribution in [0.25, 0.3) is 21.5 Å². The Morgan fingerprint density at radius 1 is 0.944 bits per heavy atom. The summed E-state index contributed by atoms with van der Waals surface area (Å²) in [5, 5.41) is 13.5. The lowest BCUT2D eigenvalue weighted by molar-refractivity contribution is 0.0696. The van der Waals surface area contributed by atoms with E-state index in [0.29, 0.717) is 5.56 Å². The molecule has 0 amide bonds. The maximum atomic E-state index is 11.1. The third-order valence-electron chi connectivity index (χ3n) is 3.05. The highest BCUT2D eigenvalue weighted by atomic mass is 127. The van der Waals surface area contributed by atoms with Crippen LogP contribution in [-0.4, -0.2) is 11.1 Å². The molecule has 0 aliphatic rings. The lowest BCUT2D eigenvalue weighted by Gasteiger charge is -2.06. The molecule has 0 unspecified atom stereocenters. The van der Waals surface area contributed by atoms with E-state index in [-0.39, 0.29) is 0 Å². The zero-order chi connectivity index (χ0) is 12.7. The van der Waals surface area contributed by atoms with E-state index in [1.54, 1.807) is 6.07 Å². The van der Waals surface area contributed by atoms with Crippen LogP contribution in [0.3, 0.4) is 0 Å². The molecule has 1 N–H and O–H groups in total. The second-order valence-corrected chi connectivity index (χ2v) is 5.23. The van der Waals surface area contributed by atoms with Gasteiger partial charge in [0.15, 0.2) is 0 Å². The first-order chi connectivity index (χ1) is 8.66. The summed E-state index contributed by atoms with van der Waals surface area (Å²) in [5.41, 5.74) is 0.360. The number of carbonyl (C=O) groups is 1. The Bertz CT molecular complexity index is 778. The fraction of sp³-hybridized carbons (Fsp3) is 0. The minimum atomic E-state index is -0.880. The lowest BCUT2D eigenvalue weighted by Crippen LogP contribution is -1.99. The molecule has 0 heterocycles. The number of carboxylic acids is 1. The van der Waals surface area contributed by atoms with Gasteiger partial charge in [0.05, 0.1) is 5.56 Å². The predicted molar refractivity (Wildman–Crippen MR) is 81.1 cm³/mol. The Balaban J connectivity index is 2.44. The van der Waals surface area contributed by atoms with Crippen molar-refractivity contribution in [1.29, 1.82) is 0 Å². The summed E-state index contributed by atoms with van der Waals surface area (Å²) in [6.45, 7) is 0. The van der Waals surface area contributed by atoms with Gasteiger partial charge in [0, 0.05) is 3.57 Å². The Labute approximate surface area is 117 Å². The molecule has 0 atom stereocenters. The number of aromatic carboxylic acids is 1. The van der Waals surface area contributed by atoms with E-state index in [2.05, 4.69) is 40.8 Å². The van der Waals surface area contributed by atoms with Crippen LogP contribution >= 0.6 is 22.6 Å². The van der Waals surface area contributed by atoms with Gasteiger partial charge in [0.2, 0.25) is 0 Å². The van der Waals surface area contributed by atoms with Gasteiger partial charge in [-0.1, -0.05) is 30.3 Å². The standard InChI is InChI=1S/C15H9IO2/c16-14-12(15(17)18)6-5-11-7-9-3-1-2-4-10(9)8-13(11)14/h1-8H,(H,17,18). The molecule has 3 aromatic rings. The molecule has 0 aliphatic heterocycles. The van der Waals surface area contributed by atoms with E-state index in [9.17, 15) is 4.79 Å². The van der Waals surface area contributed by atoms with Crippen LogP contribution in [0.15, 0.2) is 48.5 Å². The van der Waals surface area contributed by atoms with Crippen molar-refractivity contribution in [1.82, 2.24) is 0 Å². The van der Waals surface area contributed by atoms with Gasteiger partial charge in [-0.2, -0.15) is 0 Å². The van der Waals surface area contributed by atoms with E-state index in [1.165, 1.54) is 5.39 Å². The second-order valence-electron chi connectivity index (χ2n) is 4.15. The van der Waals surface area contributed by atoms with Crippen LogP contribution < -0.4 is 0 Å². The van der Waals surface area contributed by atoms with Gasteiger partial charge < -0.3 is 5.11 Å². The fourth-order valence-corrected chi connectivity index (χ4v) is 3.02. The Morgan fingerprint density at radius 2 is 1.61 bits per heavy atom. The number of halogens is 1. The SMILES string of the molecule is O=C(O)c1ccc2cc3ccccc3cc2c1I. The highest BCUT2D eigenvalue weighted by molar-refractivity contribution is 14.1. The molecule has 0 spiro atoms. The highest BCUT2D eigenvalue weighted by Gasteiger charge is 2.11. The normalized spacial score (nSPS) is 10.9. The molecule has 3 aromatic carbocycles. The monoisotopic (exact) mass is 348 g/mol. The van der Waals surface area contributed by atoms with Crippen LogP contribution in [-0.2, 0) is 0 Å². The van der Waals surface area contributed by atoms with Crippen molar-refractivity contribution in [3.63, 3.8) is 0 Å². The first-order valence-corrected chi connectivity index (χ1v) is 6.59. The minimum Gasteiger partial charge on any atom is -0.478 e. The average Bonchev–Trinajstić information content (AvgIpc) is 2.37. The van der Waals surface area contributed by atoms with Gasteiger partial charge in [-0.05, 0) is 62.3 Å². The number of hydrogen-bond acceptors (Lipinski definition) is 1. The van der Waals surface area contributed by atoms with E-state index in [1.807, 2.05) is 24.3 Å². The molecule has 18 heavy (non-hydrogen) atoms. The molecule has 0 fully saturated rings. The number of fused-ring (bicyclic) bond motifs is 2. The fourth-order valence-electron chi connectivity index (χ4n) is 2.14. The maximum absolute atomic E-state index is 11.1. The van der Waals surface area contributed by atoms with Crippen LogP contribution in [0.1, 0.15) is 10.4 Å². The number of benzene rings is 3. The predicted octanol–water partition coefficient (Wildman–Crippen LogP) is 4.30. The molecule has 0 aromatic heterocycles. The molecule has 88 valence electrons. The van der Waals surface area contributed by atoms with Crippen LogP contribution in [0.2, 0.25) is 0 Å². The first-order valence-electron chi connectivity index (χ1n) is 5.51. The van der Waals surface area contributed by atoms with Crippen molar-refractivity contribution in [2.24, 2.45) is 0 Å². The molecule has 0 radical (unpaired) electrons. The summed E-state index contributed by atoms with van der Waals surface area (Å²) in [7, 11) is 0. The zero-order valence-corrected chi connectivity index (χ0v) is 11.5. The Hall–Kier alpha value is -1.62. The topological polar surface area (TPSA) is 37.3 Å². The summed E-state index contributed by atoms with van der Waals surface area (Å²) in [5.74, 6) is -0.880. The van der Waals surface area contributed by atoms with Crippen molar-refractivity contribution >= 4 is 50.1 Å². The molecular formula is C15H9IO2. The van der Waals surface area contributed by atoms with E-state index in [4.69, 9.17) is 5.11 Å². The molecule has 0 aliphatic carbocycles. The second kappa shape index (κ2) is 4.24. The van der Waals surface area contributed by atoms with Crippen molar-refractivity contribution in [2.45, 2.75) is 0 Å². The average molecular weight is 348 g/mol. The number of rotatable bonds is 1. The Morgan fingerprint density at radius 3 is 2.28 bits per heavy atom. The summed E-state index contributed by atoms with van der Waals surface area (Å²) >= 11 is 2.11. The van der Waals surface area contributed by atoms with Gasteiger partial charge in [0.1, 0.15) is 0 Å². The maximum Gasteiger partial charge on any atom is 0.336 e. The smallest absolute Gasteiger partial charge is 0.336 e. The van der Waals surface area contributed by atoms with Crippen molar-refractivity contribution in [3.8, 4) is 0 Å². The molecule has 3 heteroatoms. The van der Waals surface area contributed by atoms with E-state index in [0.717, 1.165) is 19.7 Å². The van der Waals surface area contributed by atoms with Gasteiger partial charge >= 0.3 is 5.97 Å². The van der Waals surface area contributed by atoms with Crippen molar-refractivity contribution in [3.05, 3.63) is 57.7 Å². The van der Waals surface area contributed by atoms with E-state index < -0.39 is 5.97 Å². The zero-order valence-electron chi connectivity index (χ0n) is 9.35. The third kappa shape index (κ3) is 1.75. The van der Waals surface area contributed by atoms with Crippen molar-refractivity contribution < 1.29 is 9.90 Å². The molecule has 0 saturated carbocycles. The molecule has 0 saturated heterocycles. The minimum absolute atomic E-state index is 0.360. The van der Waals surface area contributed by atoms with E-state index >= 15 is 0 Å². The number of carboxylic acid groups (broad SMARTS) is 1. The van der Waals surface area contributed by atoms with Crippen molar-refractivity contribution in [2.75, 3.05) is 0 Å². The van der Waals surface area contributed by atoms with Gasteiger partial charge in [-0.3, -0.25) is 0 Å². The first kappa shape index (κ1) is 11.5. The summed E-state index contributed by atoms with van der Waals surface area (Å²) < 4.78 is 0.795. The highest BCUT2D eigenvalue weighted by Crippen LogP contribution is 2.28. The molecular weight excluding hydrogens is 339 g/mol. The molecule has 3 rings (SSSR count). The van der Waals surface area contributed by atoms with Gasteiger partial charge in [-0.25, -0.2) is 4.79 Å². The molecule has 0 bridgehead atoms. The lowest BCUT2D eigenvalue weighted by atomic mass is 10.0. The summed E-state index contributed by atoms with van der Waals surface area (Å²) in [6, 6.07) is 15.8. The summed E-state index contributed by atoms with van der Waals surface area (Å²) in [6.07, 6.45) is 0. The van der Waals surface area contributed by atoms with Crippen LogP contribution in [0.4, 0.5) is 0 Å². The van der Waals surface area contributed by atoms with Gasteiger partial charge in [-0.15, -0.1) is 0 Å². The molecule has 2 nitrogen and oxygen atoms in total. The number of hydrogen-bond donors (Lipinski definition) is 1. The largest absolute Gasteiger partial charge is 0.478 e. The van der Waals surface area contributed by atoms with Gasteiger partial charge in [0.25, 0.3) is 0 Å². The quantitative estimate of drug-likeness (QED) is 0.526. The third-order valence-corrected chi connectivity index (χ3v) is 4.21. The van der Waals surface area contributed by atoms with Crippen LogP contribution in [0, 0.1) is 3.57 Å².